The molecule has 16 heteroatoms. The molecule has 4 rings (SSSR count). The van der Waals surface area contributed by atoms with Crippen molar-refractivity contribution < 1.29 is 40.7 Å². The monoisotopic (exact) mass is 627 g/mol. The van der Waals surface area contributed by atoms with Gasteiger partial charge in [-0.3, -0.25) is 9.69 Å². The van der Waals surface area contributed by atoms with Gasteiger partial charge in [-0.05, 0) is 74.2 Å². The second-order valence-electron chi connectivity index (χ2n) is 10.8. The summed E-state index contributed by atoms with van der Waals surface area (Å²) in [6.45, 7) is 6.08. The van der Waals surface area contributed by atoms with Crippen LogP contribution in [0.4, 0.5) is 42.8 Å². The first-order chi connectivity index (χ1) is 20.5. The molecule has 0 saturated heterocycles. The zero-order valence-electron chi connectivity index (χ0n) is 24.3. The highest BCUT2D eigenvalue weighted by molar-refractivity contribution is 5.90. The Morgan fingerprint density at radius 1 is 1.07 bits per heavy atom. The Morgan fingerprint density at radius 2 is 1.70 bits per heavy atom. The zero-order valence-corrected chi connectivity index (χ0v) is 24.3. The lowest BCUT2D eigenvalue weighted by Gasteiger charge is -2.44. The third-order valence-corrected chi connectivity index (χ3v) is 7.04. The lowest BCUT2D eigenvalue weighted by atomic mass is 9.87. The molecule has 0 aliphatic carbocycles. The number of benzene rings is 2. The molecule has 0 spiro atoms. The van der Waals surface area contributed by atoms with Gasteiger partial charge in [0.25, 0.3) is 5.95 Å². The molecule has 0 unspecified atom stereocenters. The largest absolute Gasteiger partial charge is 0.446 e. The maximum absolute atomic E-state index is 13.7. The van der Waals surface area contributed by atoms with Gasteiger partial charge in [0.1, 0.15) is 6.54 Å². The minimum atomic E-state index is -5.05. The van der Waals surface area contributed by atoms with E-state index in [1.807, 2.05) is 6.92 Å². The Bertz CT molecular complexity index is 1490. The highest BCUT2D eigenvalue weighted by Crippen LogP contribution is 2.44. The van der Waals surface area contributed by atoms with E-state index in [-0.39, 0.29) is 24.0 Å². The highest BCUT2D eigenvalue weighted by atomic mass is 19.4. The lowest BCUT2D eigenvalue weighted by molar-refractivity contribution is -0.143. The number of carbonyl (C=O) groups is 2. The third-order valence-electron chi connectivity index (χ3n) is 7.04. The van der Waals surface area contributed by atoms with Crippen LogP contribution in [-0.4, -0.2) is 44.4 Å². The molecule has 1 aromatic heterocycles. The summed E-state index contributed by atoms with van der Waals surface area (Å²) in [5, 5.41) is 12.0. The van der Waals surface area contributed by atoms with Crippen molar-refractivity contribution in [1.82, 2.24) is 20.2 Å². The fourth-order valence-corrected chi connectivity index (χ4v) is 5.18. The van der Waals surface area contributed by atoms with Gasteiger partial charge in [0.05, 0.1) is 29.0 Å². The summed E-state index contributed by atoms with van der Waals surface area (Å²) in [6, 6.07) is 5.37. The predicted octanol–water partition coefficient (Wildman–Crippen LogP) is 5.79. The predicted molar refractivity (Wildman–Crippen MR) is 146 cm³/mol. The number of primary amides is 1. The van der Waals surface area contributed by atoms with Crippen LogP contribution in [-0.2, 0) is 35.0 Å². The van der Waals surface area contributed by atoms with Crippen LogP contribution >= 0.6 is 0 Å². The Labute approximate surface area is 248 Å². The van der Waals surface area contributed by atoms with E-state index in [4.69, 9.17) is 10.5 Å². The minimum absolute atomic E-state index is 0.0554. The zero-order chi connectivity index (χ0) is 32.6. The summed E-state index contributed by atoms with van der Waals surface area (Å²) in [4.78, 5) is 28.5. The standard InChI is InChI=1S/C28H31F6N7O3/c1-5-20-12-23(21-8-16(4)6-7-22(21)41(20)26(43)44-15(2)3)39(25-36-38-40(37-25)14-24(35)42)13-17-9-18(27(29,30)31)11-19(10-17)28(32,33)34/h6-11,15,20,23H,5,12-14H2,1-4H3,(H2,35,42)/t20-,23+/m1/s1. The van der Waals surface area contributed by atoms with E-state index in [0.717, 1.165) is 10.4 Å². The number of ether oxygens (including phenoxy) is 1. The first-order valence-electron chi connectivity index (χ1n) is 13.7. The summed E-state index contributed by atoms with van der Waals surface area (Å²) >= 11 is 0. The van der Waals surface area contributed by atoms with Gasteiger partial charge in [-0.25, -0.2) is 4.79 Å². The molecule has 1 aliphatic heterocycles. The molecule has 0 radical (unpaired) electrons. The first-order valence-corrected chi connectivity index (χ1v) is 13.7. The number of halogens is 6. The average molecular weight is 628 g/mol. The second-order valence-corrected chi connectivity index (χ2v) is 10.8. The topological polar surface area (TPSA) is 119 Å². The van der Waals surface area contributed by atoms with Crippen LogP contribution in [0.3, 0.4) is 0 Å². The number of nitrogens with two attached hydrogens (primary N) is 1. The number of aromatic nitrogens is 4. The third kappa shape index (κ3) is 7.22. The quantitative estimate of drug-likeness (QED) is 0.314. The van der Waals surface area contributed by atoms with E-state index in [1.54, 1.807) is 39.0 Å². The Hall–Kier alpha value is -4.37. The molecule has 2 amide bonds. The van der Waals surface area contributed by atoms with Crippen LogP contribution in [0.5, 0.6) is 0 Å². The molecule has 238 valence electrons. The van der Waals surface area contributed by atoms with Crippen molar-refractivity contribution in [2.45, 2.75) is 84.2 Å². The van der Waals surface area contributed by atoms with Crippen molar-refractivity contribution in [3.05, 3.63) is 64.2 Å². The summed E-state index contributed by atoms with van der Waals surface area (Å²) < 4.78 is 87.8. The molecule has 2 atom stereocenters. The van der Waals surface area contributed by atoms with Crippen LogP contribution in [0.2, 0.25) is 0 Å². The Kier molecular flexibility index (Phi) is 9.11. The van der Waals surface area contributed by atoms with Gasteiger partial charge in [0.2, 0.25) is 5.91 Å². The average Bonchev–Trinajstić information content (AvgIpc) is 3.36. The van der Waals surface area contributed by atoms with Gasteiger partial charge in [0, 0.05) is 12.6 Å². The molecule has 0 fully saturated rings. The number of aryl methyl sites for hydroxylation is 1. The smallest absolute Gasteiger partial charge is 0.416 e. The summed E-state index contributed by atoms with van der Waals surface area (Å²) in [5.74, 6) is -0.958. The van der Waals surface area contributed by atoms with Gasteiger partial charge in [0.15, 0.2) is 0 Å². The molecule has 0 bridgehead atoms. The molecule has 2 aromatic carbocycles. The van der Waals surface area contributed by atoms with Crippen LogP contribution in [0.15, 0.2) is 36.4 Å². The highest BCUT2D eigenvalue weighted by Gasteiger charge is 2.41. The number of fused-ring (bicyclic) bond motifs is 1. The molecule has 3 aromatic rings. The number of alkyl halides is 6. The first kappa shape index (κ1) is 32.5. The molecular weight excluding hydrogens is 596 g/mol. The van der Waals surface area contributed by atoms with E-state index in [0.29, 0.717) is 29.8 Å². The number of rotatable bonds is 8. The number of nitrogens with zero attached hydrogens (tertiary/aromatic N) is 6. The SMILES string of the molecule is CC[C@@H]1C[C@H](N(Cc2cc(C(F)(F)F)cc(C(F)(F)F)c2)c2nnn(CC(N)=O)n2)c2cc(C)ccc2N1C(=O)OC(C)C. The molecule has 1 aliphatic rings. The molecule has 2 N–H and O–H groups in total. The van der Waals surface area contributed by atoms with Crippen molar-refractivity contribution >= 4 is 23.6 Å². The number of carbonyl (C=O) groups excluding carboxylic acids is 2. The second kappa shape index (κ2) is 12.3. The van der Waals surface area contributed by atoms with Crippen LogP contribution in [0.25, 0.3) is 0 Å². The van der Waals surface area contributed by atoms with Crippen LogP contribution < -0.4 is 15.5 Å². The number of hydrogen-bond donors (Lipinski definition) is 1. The Morgan fingerprint density at radius 3 is 2.25 bits per heavy atom. The fourth-order valence-electron chi connectivity index (χ4n) is 5.18. The lowest BCUT2D eigenvalue weighted by Crippen LogP contribution is -2.48. The Balaban J connectivity index is 1.90. The van der Waals surface area contributed by atoms with Crippen molar-refractivity contribution in [3.8, 4) is 0 Å². The molecule has 2 heterocycles. The van der Waals surface area contributed by atoms with Crippen molar-refractivity contribution in [2.24, 2.45) is 5.73 Å². The van der Waals surface area contributed by atoms with E-state index >= 15 is 0 Å². The van der Waals surface area contributed by atoms with Gasteiger partial charge in [-0.2, -0.15) is 31.1 Å². The molecule has 0 saturated carbocycles. The summed E-state index contributed by atoms with van der Waals surface area (Å²) in [6.07, 6.45) is -10.5. The van der Waals surface area contributed by atoms with Gasteiger partial charge in [-0.15, -0.1) is 5.10 Å². The van der Waals surface area contributed by atoms with Crippen LogP contribution in [0, 0.1) is 6.92 Å². The number of amides is 2. The van der Waals surface area contributed by atoms with Crippen molar-refractivity contribution in [1.29, 1.82) is 0 Å². The number of hydrogen-bond acceptors (Lipinski definition) is 7. The van der Waals surface area contributed by atoms with E-state index < -0.39 is 66.8 Å². The van der Waals surface area contributed by atoms with E-state index in [1.165, 1.54) is 9.80 Å². The van der Waals surface area contributed by atoms with Gasteiger partial charge >= 0.3 is 18.4 Å². The molecule has 44 heavy (non-hydrogen) atoms. The summed E-state index contributed by atoms with van der Waals surface area (Å²) in [7, 11) is 0. The fraction of sp³-hybridized carbons (Fsp3) is 0.464. The van der Waals surface area contributed by atoms with E-state index in [9.17, 15) is 35.9 Å². The number of tetrazole rings is 1. The molecular formula is C28H31F6N7O3. The minimum Gasteiger partial charge on any atom is -0.446 e. The normalized spacial score (nSPS) is 17.0. The van der Waals surface area contributed by atoms with Gasteiger partial charge in [-0.1, -0.05) is 29.7 Å². The van der Waals surface area contributed by atoms with Crippen molar-refractivity contribution in [2.75, 3.05) is 9.80 Å². The van der Waals surface area contributed by atoms with E-state index in [2.05, 4.69) is 15.4 Å². The van der Waals surface area contributed by atoms with Gasteiger partial charge < -0.3 is 15.4 Å². The molecule has 10 nitrogen and oxygen atoms in total. The van der Waals surface area contributed by atoms with Crippen molar-refractivity contribution in [3.63, 3.8) is 0 Å². The maximum Gasteiger partial charge on any atom is 0.416 e. The number of anilines is 2. The van der Waals surface area contributed by atoms with Crippen LogP contribution in [0.1, 0.15) is 67.5 Å². The maximum atomic E-state index is 13.7. The summed E-state index contributed by atoms with van der Waals surface area (Å²) in [5.41, 5.74) is 3.77.